The molecular weight excluding hydrogens is 292 g/mol. The van der Waals surface area contributed by atoms with Gasteiger partial charge in [-0.1, -0.05) is 0 Å². The SMILES string of the molecule is CN1[C@H](Cn2cccn2)C[C@@H]2CN(C(=O)c3ccco3)CC[C@@H]21. The maximum atomic E-state index is 12.5. The van der Waals surface area contributed by atoms with E-state index in [2.05, 4.69) is 17.0 Å². The number of carbonyl (C=O) groups excluding carboxylic acids is 1. The summed E-state index contributed by atoms with van der Waals surface area (Å²) in [5.74, 6) is 1.00. The van der Waals surface area contributed by atoms with Crippen LogP contribution in [-0.2, 0) is 6.54 Å². The zero-order valence-corrected chi connectivity index (χ0v) is 13.3. The summed E-state index contributed by atoms with van der Waals surface area (Å²) in [5.41, 5.74) is 0. The summed E-state index contributed by atoms with van der Waals surface area (Å²) in [5, 5.41) is 4.32. The quantitative estimate of drug-likeness (QED) is 0.865. The lowest BCUT2D eigenvalue weighted by atomic mass is 9.92. The molecule has 4 rings (SSSR count). The van der Waals surface area contributed by atoms with Crippen LogP contribution in [0, 0.1) is 5.92 Å². The van der Waals surface area contributed by atoms with E-state index >= 15 is 0 Å². The molecule has 0 aromatic carbocycles. The van der Waals surface area contributed by atoms with Crippen LogP contribution in [0.3, 0.4) is 0 Å². The Hall–Kier alpha value is -2.08. The van der Waals surface area contributed by atoms with Crippen molar-refractivity contribution in [3.05, 3.63) is 42.6 Å². The molecular formula is C17H22N4O2. The molecule has 0 aliphatic carbocycles. The predicted octanol–water partition coefficient (Wildman–Crippen LogP) is 1.71. The van der Waals surface area contributed by atoms with E-state index in [1.807, 2.05) is 28.0 Å². The van der Waals surface area contributed by atoms with Crippen molar-refractivity contribution in [3.8, 4) is 0 Å². The molecule has 0 unspecified atom stereocenters. The van der Waals surface area contributed by atoms with Crippen LogP contribution < -0.4 is 0 Å². The standard InChI is InChI=1S/C17H22N4O2/c1-19-14(12-21-7-3-6-18-21)10-13-11-20(8-5-15(13)19)17(22)16-4-2-9-23-16/h2-4,6-7,9,13-15H,5,8,10-12H2,1H3/t13-,14+,15+/m1/s1. The van der Waals surface area contributed by atoms with Crippen molar-refractivity contribution < 1.29 is 9.21 Å². The van der Waals surface area contributed by atoms with Gasteiger partial charge in [0.05, 0.1) is 12.8 Å². The molecule has 3 atom stereocenters. The number of rotatable bonds is 3. The van der Waals surface area contributed by atoms with E-state index in [0.717, 1.165) is 32.5 Å². The summed E-state index contributed by atoms with van der Waals surface area (Å²) < 4.78 is 7.26. The third-order valence-electron chi connectivity index (χ3n) is 5.34. The normalized spacial score (nSPS) is 28.0. The van der Waals surface area contributed by atoms with E-state index in [1.54, 1.807) is 18.4 Å². The smallest absolute Gasteiger partial charge is 0.289 e. The van der Waals surface area contributed by atoms with Gasteiger partial charge in [-0.3, -0.25) is 14.4 Å². The summed E-state index contributed by atoms with van der Waals surface area (Å²) in [6, 6.07) is 6.53. The highest BCUT2D eigenvalue weighted by Gasteiger charge is 2.43. The van der Waals surface area contributed by atoms with Crippen molar-refractivity contribution in [3.63, 3.8) is 0 Å². The molecule has 0 radical (unpaired) electrons. The average molecular weight is 314 g/mol. The van der Waals surface area contributed by atoms with Gasteiger partial charge in [-0.05, 0) is 44.0 Å². The van der Waals surface area contributed by atoms with E-state index in [1.165, 1.54) is 0 Å². The number of likely N-dealkylation sites (tertiary alicyclic amines) is 2. The van der Waals surface area contributed by atoms with Crippen LogP contribution in [0.15, 0.2) is 41.3 Å². The van der Waals surface area contributed by atoms with E-state index in [9.17, 15) is 4.79 Å². The number of aromatic nitrogens is 2. The van der Waals surface area contributed by atoms with E-state index < -0.39 is 0 Å². The summed E-state index contributed by atoms with van der Waals surface area (Å²) in [6.07, 6.45) is 7.55. The first kappa shape index (κ1) is 14.5. The minimum Gasteiger partial charge on any atom is -0.459 e. The third kappa shape index (κ3) is 2.67. The number of furan rings is 1. The second kappa shape index (κ2) is 5.85. The van der Waals surface area contributed by atoms with E-state index in [0.29, 0.717) is 23.8 Å². The number of carbonyl (C=O) groups is 1. The molecule has 2 fully saturated rings. The van der Waals surface area contributed by atoms with Crippen molar-refractivity contribution in [2.24, 2.45) is 5.92 Å². The van der Waals surface area contributed by atoms with Crippen LogP contribution >= 0.6 is 0 Å². The molecule has 2 saturated heterocycles. The van der Waals surface area contributed by atoms with Gasteiger partial charge in [0, 0.05) is 37.6 Å². The van der Waals surface area contributed by atoms with Crippen LogP contribution in [0.2, 0.25) is 0 Å². The molecule has 122 valence electrons. The first-order valence-electron chi connectivity index (χ1n) is 8.24. The summed E-state index contributed by atoms with van der Waals surface area (Å²) in [6.45, 7) is 2.55. The fourth-order valence-corrected chi connectivity index (χ4v) is 4.14. The first-order chi connectivity index (χ1) is 11.2. The highest BCUT2D eigenvalue weighted by Crippen LogP contribution is 2.35. The third-order valence-corrected chi connectivity index (χ3v) is 5.34. The van der Waals surface area contributed by atoms with Crippen LogP contribution in [0.4, 0.5) is 0 Å². The molecule has 6 heteroatoms. The number of likely N-dealkylation sites (N-methyl/N-ethyl adjacent to an activating group) is 1. The van der Waals surface area contributed by atoms with Gasteiger partial charge in [-0.25, -0.2) is 0 Å². The van der Waals surface area contributed by atoms with Crippen molar-refractivity contribution in [2.75, 3.05) is 20.1 Å². The minimum atomic E-state index is 0.0200. The molecule has 4 heterocycles. The zero-order chi connectivity index (χ0) is 15.8. The van der Waals surface area contributed by atoms with Crippen LogP contribution in [-0.4, -0.2) is 57.7 Å². The monoisotopic (exact) mass is 314 g/mol. The lowest BCUT2D eigenvalue weighted by molar-refractivity contribution is 0.0577. The van der Waals surface area contributed by atoms with Gasteiger partial charge >= 0.3 is 0 Å². The Balaban J connectivity index is 1.43. The highest BCUT2D eigenvalue weighted by atomic mass is 16.3. The van der Waals surface area contributed by atoms with E-state index in [4.69, 9.17) is 4.42 Å². The second-order valence-electron chi connectivity index (χ2n) is 6.63. The Labute approximate surface area is 135 Å². The van der Waals surface area contributed by atoms with Gasteiger partial charge < -0.3 is 9.32 Å². The minimum absolute atomic E-state index is 0.0200. The van der Waals surface area contributed by atoms with Crippen molar-refractivity contribution >= 4 is 5.91 Å². The molecule has 1 amide bonds. The average Bonchev–Trinajstić information content (AvgIpc) is 3.30. The lowest BCUT2D eigenvalue weighted by Gasteiger charge is -2.37. The van der Waals surface area contributed by atoms with Crippen LogP contribution in [0.1, 0.15) is 23.4 Å². The van der Waals surface area contributed by atoms with Crippen molar-refractivity contribution in [1.82, 2.24) is 19.6 Å². The highest BCUT2D eigenvalue weighted by molar-refractivity contribution is 5.91. The number of piperidine rings is 1. The Morgan fingerprint density at radius 2 is 2.35 bits per heavy atom. The fourth-order valence-electron chi connectivity index (χ4n) is 4.14. The van der Waals surface area contributed by atoms with Gasteiger partial charge in [0.15, 0.2) is 5.76 Å². The summed E-state index contributed by atoms with van der Waals surface area (Å²) in [4.78, 5) is 16.9. The maximum absolute atomic E-state index is 12.5. The van der Waals surface area contributed by atoms with Crippen molar-refractivity contribution in [2.45, 2.75) is 31.5 Å². The maximum Gasteiger partial charge on any atom is 0.289 e. The predicted molar refractivity (Wildman–Crippen MR) is 84.9 cm³/mol. The number of nitrogens with zero attached hydrogens (tertiary/aromatic N) is 4. The molecule has 0 N–H and O–H groups in total. The lowest BCUT2D eigenvalue weighted by Crippen LogP contribution is -2.47. The largest absolute Gasteiger partial charge is 0.459 e. The molecule has 0 spiro atoms. The van der Waals surface area contributed by atoms with Crippen LogP contribution in [0.5, 0.6) is 0 Å². The molecule has 0 bridgehead atoms. The van der Waals surface area contributed by atoms with Gasteiger partial charge in [0.1, 0.15) is 0 Å². The molecule has 2 aliphatic rings. The first-order valence-corrected chi connectivity index (χ1v) is 8.24. The second-order valence-corrected chi connectivity index (χ2v) is 6.63. The summed E-state index contributed by atoms with van der Waals surface area (Å²) in [7, 11) is 2.21. The van der Waals surface area contributed by atoms with Gasteiger partial charge in [0.25, 0.3) is 5.91 Å². The fraction of sp³-hybridized carbons (Fsp3) is 0.529. The van der Waals surface area contributed by atoms with Gasteiger partial charge in [-0.15, -0.1) is 0 Å². The number of hydrogen-bond donors (Lipinski definition) is 0. The zero-order valence-electron chi connectivity index (χ0n) is 13.3. The molecule has 2 aliphatic heterocycles. The Morgan fingerprint density at radius 3 is 3.09 bits per heavy atom. The molecule has 6 nitrogen and oxygen atoms in total. The van der Waals surface area contributed by atoms with Gasteiger partial charge in [0.2, 0.25) is 0 Å². The molecule has 23 heavy (non-hydrogen) atoms. The Bertz CT molecular complexity index is 652. The topological polar surface area (TPSA) is 54.5 Å². The summed E-state index contributed by atoms with van der Waals surface area (Å²) >= 11 is 0. The number of hydrogen-bond acceptors (Lipinski definition) is 4. The molecule has 0 saturated carbocycles. The Kier molecular flexibility index (Phi) is 3.69. The molecule has 2 aromatic rings. The molecule has 2 aromatic heterocycles. The van der Waals surface area contributed by atoms with Crippen molar-refractivity contribution in [1.29, 1.82) is 0 Å². The number of fused-ring (bicyclic) bond motifs is 1. The number of amides is 1. The van der Waals surface area contributed by atoms with E-state index in [-0.39, 0.29) is 5.91 Å². The Morgan fingerprint density at radius 1 is 1.43 bits per heavy atom. The van der Waals surface area contributed by atoms with Crippen LogP contribution in [0.25, 0.3) is 0 Å². The van der Waals surface area contributed by atoms with Gasteiger partial charge in [-0.2, -0.15) is 5.10 Å².